The molecule has 1 aromatic carbocycles. The Morgan fingerprint density at radius 2 is 2.00 bits per heavy atom. The Labute approximate surface area is 106 Å². The quantitative estimate of drug-likeness (QED) is 0.818. The van der Waals surface area contributed by atoms with Crippen LogP contribution in [0.5, 0.6) is 0 Å². The van der Waals surface area contributed by atoms with E-state index in [9.17, 15) is 0 Å². The zero-order chi connectivity index (χ0) is 12.8. The van der Waals surface area contributed by atoms with Crippen molar-refractivity contribution in [2.75, 3.05) is 18.5 Å². The standard InChI is InChI=1S/C15H26N2/c1-5-6-7-14(16)11-17(4)15-9-8-12(2)10-13(15)3/h8-10,14H,5-7,11,16H2,1-4H3. The summed E-state index contributed by atoms with van der Waals surface area (Å²) in [7, 11) is 2.13. The van der Waals surface area contributed by atoms with Crippen molar-refractivity contribution in [2.45, 2.75) is 46.1 Å². The molecule has 0 aliphatic rings. The molecule has 0 radical (unpaired) electrons. The molecule has 0 amide bonds. The van der Waals surface area contributed by atoms with Crippen LogP contribution in [0.4, 0.5) is 5.69 Å². The van der Waals surface area contributed by atoms with Gasteiger partial charge in [0.1, 0.15) is 0 Å². The number of nitrogens with zero attached hydrogens (tertiary/aromatic N) is 1. The third-order valence-electron chi connectivity index (χ3n) is 3.20. The predicted molar refractivity (Wildman–Crippen MR) is 76.7 cm³/mol. The number of likely N-dealkylation sites (N-methyl/N-ethyl adjacent to an activating group) is 1. The van der Waals surface area contributed by atoms with Crippen LogP contribution < -0.4 is 10.6 Å². The summed E-state index contributed by atoms with van der Waals surface area (Å²) in [5.41, 5.74) is 10.1. The molecule has 0 aliphatic heterocycles. The molecular formula is C15H26N2. The van der Waals surface area contributed by atoms with E-state index >= 15 is 0 Å². The first-order valence-corrected chi connectivity index (χ1v) is 6.58. The number of hydrogen-bond donors (Lipinski definition) is 1. The minimum absolute atomic E-state index is 0.278. The maximum absolute atomic E-state index is 6.14. The maximum Gasteiger partial charge on any atom is 0.0394 e. The molecule has 1 unspecified atom stereocenters. The molecule has 1 aromatic rings. The predicted octanol–water partition coefficient (Wildman–Crippen LogP) is 3.26. The molecule has 0 bridgehead atoms. The lowest BCUT2D eigenvalue weighted by Gasteiger charge is -2.25. The summed E-state index contributed by atoms with van der Waals surface area (Å²) in [5, 5.41) is 0. The van der Waals surface area contributed by atoms with Crippen LogP contribution in [0.1, 0.15) is 37.3 Å². The highest BCUT2D eigenvalue weighted by atomic mass is 15.1. The number of hydrogen-bond acceptors (Lipinski definition) is 2. The summed E-state index contributed by atoms with van der Waals surface area (Å²) in [6.07, 6.45) is 3.56. The van der Waals surface area contributed by atoms with E-state index in [1.165, 1.54) is 29.7 Å². The molecule has 2 N–H and O–H groups in total. The summed E-state index contributed by atoms with van der Waals surface area (Å²) < 4.78 is 0. The van der Waals surface area contributed by atoms with Crippen LogP contribution in [0.25, 0.3) is 0 Å². The van der Waals surface area contributed by atoms with Crippen LogP contribution in [0.3, 0.4) is 0 Å². The zero-order valence-electron chi connectivity index (χ0n) is 11.7. The van der Waals surface area contributed by atoms with Crippen molar-refractivity contribution in [1.29, 1.82) is 0 Å². The van der Waals surface area contributed by atoms with Crippen LogP contribution in [0.2, 0.25) is 0 Å². The summed E-state index contributed by atoms with van der Waals surface area (Å²) in [4.78, 5) is 2.27. The van der Waals surface area contributed by atoms with Gasteiger partial charge in [-0.2, -0.15) is 0 Å². The molecule has 0 fully saturated rings. The van der Waals surface area contributed by atoms with Gasteiger partial charge in [0.15, 0.2) is 0 Å². The van der Waals surface area contributed by atoms with E-state index in [-0.39, 0.29) is 6.04 Å². The fourth-order valence-corrected chi connectivity index (χ4v) is 2.24. The highest BCUT2D eigenvalue weighted by molar-refractivity contribution is 5.53. The van der Waals surface area contributed by atoms with Crippen LogP contribution in [0.15, 0.2) is 18.2 Å². The van der Waals surface area contributed by atoms with Crippen LogP contribution in [0, 0.1) is 13.8 Å². The lowest BCUT2D eigenvalue weighted by molar-refractivity contribution is 0.572. The second kappa shape index (κ2) is 6.65. The van der Waals surface area contributed by atoms with E-state index in [0.29, 0.717) is 0 Å². The first-order chi connectivity index (χ1) is 8.04. The topological polar surface area (TPSA) is 29.3 Å². The van der Waals surface area contributed by atoms with Crippen molar-refractivity contribution in [3.63, 3.8) is 0 Å². The van der Waals surface area contributed by atoms with Gasteiger partial charge in [-0.3, -0.25) is 0 Å². The van der Waals surface area contributed by atoms with Crippen molar-refractivity contribution in [3.8, 4) is 0 Å². The van der Waals surface area contributed by atoms with Gasteiger partial charge < -0.3 is 10.6 Å². The number of anilines is 1. The van der Waals surface area contributed by atoms with Gasteiger partial charge in [0.25, 0.3) is 0 Å². The Balaban J connectivity index is 2.60. The molecular weight excluding hydrogens is 208 g/mol. The van der Waals surface area contributed by atoms with Crippen LogP contribution in [-0.4, -0.2) is 19.6 Å². The molecule has 17 heavy (non-hydrogen) atoms. The Morgan fingerprint density at radius 1 is 1.29 bits per heavy atom. The minimum atomic E-state index is 0.278. The van der Waals surface area contributed by atoms with Crippen LogP contribution >= 0.6 is 0 Å². The van der Waals surface area contributed by atoms with Crippen molar-refractivity contribution in [1.82, 2.24) is 0 Å². The van der Waals surface area contributed by atoms with E-state index in [0.717, 1.165) is 13.0 Å². The molecule has 0 aromatic heterocycles. The lowest BCUT2D eigenvalue weighted by atomic mass is 10.1. The van der Waals surface area contributed by atoms with Gasteiger partial charge >= 0.3 is 0 Å². The van der Waals surface area contributed by atoms with E-state index in [1.807, 2.05) is 0 Å². The van der Waals surface area contributed by atoms with Crippen molar-refractivity contribution in [2.24, 2.45) is 5.73 Å². The van der Waals surface area contributed by atoms with E-state index in [4.69, 9.17) is 5.73 Å². The van der Waals surface area contributed by atoms with Gasteiger partial charge in [0, 0.05) is 25.3 Å². The smallest absolute Gasteiger partial charge is 0.0394 e. The molecule has 0 spiro atoms. The van der Waals surface area contributed by atoms with Gasteiger partial charge in [0.05, 0.1) is 0 Å². The Kier molecular flexibility index (Phi) is 5.49. The fourth-order valence-electron chi connectivity index (χ4n) is 2.24. The summed E-state index contributed by atoms with van der Waals surface area (Å²) >= 11 is 0. The molecule has 96 valence electrons. The third-order valence-corrected chi connectivity index (χ3v) is 3.20. The molecule has 0 aliphatic carbocycles. The number of aryl methyl sites for hydroxylation is 2. The van der Waals surface area contributed by atoms with Gasteiger partial charge in [0.2, 0.25) is 0 Å². The summed E-state index contributed by atoms with van der Waals surface area (Å²) in [5.74, 6) is 0. The third kappa shape index (κ3) is 4.39. The van der Waals surface area contributed by atoms with Gasteiger partial charge in [-0.25, -0.2) is 0 Å². The molecule has 2 nitrogen and oxygen atoms in total. The van der Waals surface area contributed by atoms with Gasteiger partial charge in [-0.1, -0.05) is 37.5 Å². The first-order valence-electron chi connectivity index (χ1n) is 6.58. The second-order valence-electron chi connectivity index (χ2n) is 5.07. The summed E-state index contributed by atoms with van der Waals surface area (Å²) in [6, 6.07) is 6.86. The largest absolute Gasteiger partial charge is 0.373 e. The average Bonchev–Trinajstić information content (AvgIpc) is 2.26. The Morgan fingerprint density at radius 3 is 2.59 bits per heavy atom. The Hall–Kier alpha value is -1.02. The molecule has 0 saturated heterocycles. The maximum atomic E-state index is 6.14. The molecule has 1 rings (SSSR count). The normalized spacial score (nSPS) is 12.5. The van der Waals surface area contributed by atoms with Crippen molar-refractivity contribution in [3.05, 3.63) is 29.3 Å². The fraction of sp³-hybridized carbons (Fsp3) is 0.600. The van der Waals surface area contributed by atoms with Crippen molar-refractivity contribution < 1.29 is 0 Å². The van der Waals surface area contributed by atoms with Gasteiger partial charge in [-0.05, 0) is 31.9 Å². The van der Waals surface area contributed by atoms with E-state index in [2.05, 4.69) is 50.9 Å². The molecule has 0 saturated carbocycles. The summed E-state index contributed by atoms with van der Waals surface area (Å²) in [6.45, 7) is 7.44. The monoisotopic (exact) mass is 234 g/mol. The highest BCUT2D eigenvalue weighted by Crippen LogP contribution is 2.20. The first kappa shape index (κ1) is 14.0. The number of benzene rings is 1. The van der Waals surface area contributed by atoms with Crippen molar-refractivity contribution >= 4 is 5.69 Å². The minimum Gasteiger partial charge on any atom is -0.373 e. The second-order valence-corrected chi connectivity index (χ2v) is 5.07. The Bertz CT molecular complexity index is 347. The van der Waals surface area contributed by atoms with E-state index < -0.39 is 0 Å². The molecule has 0 heterocycles. The van der Waals surface area contributed by atoms with E-state index in [1.54, 1.807) is 0 Å². The molecule has 1 atom stereocenters. The van der Waals surface area contributed by atoms with Crippen LogP contribution in [-0.2, 0) is 0 Å². The molecule has 2 heteroatoms. The van der Waals surface area contributed by atoms with Gasteiger partial charge in [-0.15, -0.1) is 0 Å². The zero-order valence-corrected chi connectivity index (χ0v) is 11.7. The number of nitrogens with two attached hydrogens (primary N) is 1. The number of unbranched alkanes of at least 4 members (excludes halogenated alkanes) is 1. The lowest BCUT2D eigenvalue weighted by Crippen LogP contribution is -2.35. The SMILES string of the molecule is CCCCC(N)CN(C)c1ccc(C)cc1C. The highest BCUT2D eigenvalue weighted by Gasteiger charge is 2.09. The average molecular weight is 234 g/mol. The number of rotatable bonds is 6.